The van der Waals surface area contributed by atoms with Crippen molar-refractivity contribution in [1.82, 2.24) is 4.72 Å². The molecule has 0 saturated carbocycles. The zero-order chi connectivity index (χ0) is 13.0. The third-order valence-corrected chi connectivity index (χ3v) is 3.47. The molecule has 0 rings (SSSR count). The third-order valence-electron chi connectivity index (χ3n) is 1.84. The van der Waals surface area contributed by atoms with Gasteiger partial charge in [0.2, 0.25) is 0 Å². The van der Waals surface area contributed by atoms with E-state index in [1.165, 1.54) is 6.08 Å². The Morgan fingerprint density at radius 2 is 1.88 bits per heavy atom. The van der Waals surface area contributed by atoms with E-state index in [1.807, 2.05) is 0 Å². The number of halogens is 3. The molecule has 0 fully saturated rings. The fourth-order valence-electron chi connectivity index (χ4n) is 0.858. The highest BCUT2D eigenvalue weighted by Crippen LogP contribution is 2.23. The maximum absolute atomic E-state index is 12.0. The maximum atomic E-state index is 12.0. The molecule has 0 saturated heterocycles. The molecule has 0 unspecified atom stereocenters. The lowest BCUT2D eigenvalue weighted by atomic mass is 10.2. The summed E-state index contributed by atoms with van der Waals surface area (Å²) >= 11 is -1.38. The van der Waals surface area contributed by atoms with Crippen LogP contribution in [0.15, 0.2) is 12.7 Å². The van der Waals surface area contributed by atoms with Gasteiger partial charge in [-0.2, -0.15) is 13.2 Å². The lowest BCUT2D eigenvalue weighted by Crippen LogP contribution is -2.44. The summed E-state index contributed by atoms with van der Waals surface area (Å²) in [5.74, 6) is 0. The Labute approximate surface area is 97.6 Å². The van der Waals surface area contributed by atoms with Gasteiger partial charge in [-0.15, -0.1) is 11.3 Å². The molecule has 0 aliphatic heterocycles. The van der Waals surface area contributed by atoms with Crippen molar-refractivity contribution in [3.8, 4) is 0 Å². The second kappa shape index (κ2) is 5.93. The van der Waals surface area contributed by atoms with Crippen molar-refractivity contribution in [2.75, 3.05) is 0 Å². The molecule has 1 N–H and O–H groups in total. The fraction of sp³-hybridized carbons (Fsp3) is 0.800. The van der Waals surface area contributed by atoms with Gasteiger partial charge in [0.25, 0.3) is 0 Å². The van der Waals surface area contributed by atoms with E-state index in [1.54, 1.807) is 20.8 Å². The Balaban J connectivity index is 4.17. The minimum Gasteiger partial charge on any atom is -0.598 e. The van der Waals surface area contributed by atoms with E-state index in [9.17, 15) is 17.7 Å². The van der Waals surface area contributed by atoms with Crippen LogP contribution in [0.25, 0.3) is 0 Å². The van der Waals surface area contributed by atoms with Gasteiger partial charge in [0, 0.05) is 17.8 Å². The van der Waals surface area contributed by atoms with Crippen molar-refractivity contribution in [2.45, 2.75) is 50.6 Å². The highest BCUT2D eigenvalue weighted by atomic mass is 32.2. The van der Waals surface area contributed by atoms with Crippen LogP contribution in [0.2, 0.25) is 0 Å². The quantitative estimate of drug-likeness (QED) is 0.607. The summed E-state index contributed by atoms with van der Waals surface area (Å²) in [6.07, 6.45) is -3.88. The first kappa shape index (κ1) is 15.8. The second-order valence-electron chi connectivity index (χ2n) is 4.50. The largest absolute Gasteiger partial charge is 0.598 e. The van der Waals surface area contributed by atoms with Crippen LogP contribution in [-0.4, -0.2) is 21.5 Å². The van der Waals surface area contributed by atoms with Gasteiger partial charge in [-0.25, -0.2) is 0 Å². The van der Waals surface area contributed by atoms with E-state index < -0.39 is 34.7 Å². The maximum Gasteiger partial charge on any atom is 0.389 e. The van der Waals surface area contributed by atoms with Crippen LogP contribution in [0, 0.1) is 0 Å². The SMILES string of the molecule is C=C[C@H](CCC(F)(F)F)N[S@@+]([O-])C(C)(C)C. The van der Waals surface area contributed by atoms with Crippen molar-refractivity contribution in [3.05, 3.63) is 12.7 Å². The van der Waals surface area contributed by atoms with E-state index in [0.717, 1.165) is 0 Å². The predicted octanol–water partition coefficient (Wildman–Crippen LogP) is 2.94. The molecule has 0 aliphatic carbocycles. The lowest BCUT2D eigenvalue weighted by molar-refractivity contribution is -0.135. The molecule has 0 radical (unpaired) electrons. The van der Waals surface area contributed by atoms with Gasteiger partial charge >= 0.3 is 6.18 Å². The molecule has 0 heterocycles. The van der Waals surface area contributed by atoms with Crippen molar-refractivity contribution in [1.29, 1.82) is 0 Å². The molecule has 0 aromatic heterocycles. The van der Waals surface area contributed by atoms with Gasteiger partial charge in [-0.3, -0.25) is 0 Å². The highest BCUT2D eigenvalue weighted by Gasteiger charge is 2.31. The molecule has 0 aromatic carbocycles. The van der Waals surface area contributed by atoms with Crippen LogP contribution in [0.4, 0.5) is 13.2 Å². The number of hydrogen-bond donors (Lipinski definition) is 1. The van der Waals surface area contributed by atoms with Crippen LogP contribution < -0.4 is 4.72 Å². The monoisotopic (exact) mass is 257 g/mol. The Kier molecular flexibility index (Phi) is 5.86. The summed E-state index contributed by atoms with van der Waals surface area (Å²) in [5, 5.41) is 0. The van der Waals surface area contributed by atoms with Gasteiger partial charge in [0.15, 0.2) is 0 Å². The molecule has 2 atom stereocenters. The van der Waals surface area contributed by atoms with E-state index in [4.69, 9.17) is 0 Å². The Hall–Kier alpha value is -0.200. The normalized spacial score (nSPS) is 16.9. The van der Waals surface area contributed by atoms with Crippen LogP contribution in [0.5, 0.6) is 0 Å². The summed E-state index contributed by atoms with van der Waals surface area (Å²) in [6.45, 7) is 8.68. The van der Waals surface area contributed by atoms with Gasteiger partial charge in [-0.1, -0.05) is 6.08 Å². The first-order chi connectivity index (χ1) is 7.06. The smallest absolute Gasteiger partial charge is 0.389 e. The molecule has 6 heteroatoms. The standard InChI is InChI=1S/C10H18F3NOS/c1-5-8(6-7-10(11,12)13)14-16(15)9(2,3)4/h5,8,14H,1,6-7H2,2-4H3/t8-,16+/m1/s1. The van der Waals surface area contributed by atoms with Gasteiger partial charge in [0.05, 0.1) is 6.04 Å². The molecule has 96 valence electrons. The number of rotatable bonds is 5. The number of hydrogen-bond acceptors (Lipinski definition) is 2. The summed E-state index contributed by atoms with van der Waals surface area (Å²) in [6, 6.07) is -0.582. The molecule has 2 nitrogen and oxygen atoms in total. The zero-order valence-corrected chi connectivity index (χ0v) is 10.5. The third kappa shape index (κ3) is 7.14. The van der Waals surface area contributed by atoms with Crippen molar-refractivity contribution < 1.29 is 17.7 Å². The summed E-state index contributed by atoms with van der Waals surface area (Å²) in [7, 11) is 0. The lowest BCUT2D eigenvalue weighted by Gasteiger charge is -2.26. The van der Waals surface area contributed by atoms with Crippen molar-refractivity contribution in [3.63, 3.8) is 0 Å². The van der Waals surface area contributed by atoms with Crippen LogP contribution in [-0.2, 0) is 11.4 Å². The molecule has 0 bridgehead atoms. The molecule has 16 heavy (non-hydrogen) atoms. The molecular weight excluding hydrogens is 239 g/mol. The number of alkyl halides is 3. The van der Waals surface area contributed by atoms with Crippen molar-refractivity contribution >= 4 is 11.4 Å². The van der Waals surface area contributed by atoms with Crippen LogP contribution in [0.1, 0.15) is 33.6 Å². The molecule has 0 aliphatic rings. The molecule has 0 amide bonds. The molecule has 0 aromatic rings. The van der Waals surface area contributed by atoms with E-state index in [2.05, 4.69) is 11.3 Å². The van der Waals surface area contributed by atoms with Crippen molar-refractivity contribution in [2.24, 2.45) is 0 Å². The summed E-state index contributed by atoms with van der Waals surface area (Å²) < 4.78 is 49.7. The Bertz CT molecular complexity index is 225. The Morgan fingerprint density at radius 1 is 1.38 bits per heavy atom. The summed E-state index contributed by atoms with van der Waals surface area (Å²) in [4.78, 5) is 0. The predicted molar refractivity (Wildman–Crippen MR) is 60.3 cm³/mol. The van der Waals surface area contributed by atoms with Gasteiger partial charge in [0.1, 0.15) is 4.75 Å². The fourth-order valence-corrected chi connectivity index (χ4v) is 1.70. The topological polar surface area (TPSA) is 35.1 Å². The zero-order valence-electron chi connectivity index (χ0n) is 9.73. The highest BCUT2D eigenvalue weighted by molar-refractivity contribution is 7.90. The minimum atomic E-state index is -4.19. The van der Waals surface area contributed by atoms with Crippen LogP contribution >= 0.6 is 0 Å². The summed E-state index contributed by atoms with van der Waals surface area (Å²) in [5.41, 5.74) is 0. The van der Waals surface area contributed by atoms with Gasteiger partial charge < -0.3 is 4.55 Å². The van der Waals surface area contributed by atoms with E-state index in [-0.39, 0.29) is 6.42 Å². The average Bonchev–Trinajstić information content (AvgIpc) is 2.08. The minimum absolute atomic E-state index is 0.144. The molecule has 0 spiro atoms. The number of nitrogens with one attached hydrogen (secondary N) is 1. The Morgan fingerprint density at radius 3 is 2.19 bits per heavy atom. The van der Waals surface area contributed by atoms with E-state index >= 15 is 0 Å². The second-order valence-corrected chi connectivity index (χ2v) is 6.49. The average molecular weight is 257 g/mol. The van der Waals surface area contributed by atoms with Crippen LogP contribution in [0.3, 0.4) is 0 Å². The first-order valence-electron chi connectivity index (χ1n) is 4.93. The van der Waals surface area contributed by atoms with Gasteiger partial charge in [-0.05, 0) is 27.2 Å². The first-order valence-corrected chi connectivity index (χ1v) is 6.08. The molecular formula is C10H18F3NOS. The van der Waals surface area contributed by atoms with E-state index in [0.29, 0.717) is 0 Å².